The van der Waals surface area contributed by atoms with Gasteiger partial charge in [0.25, 0.3) is 0 Å². The van der Waals surface area contributed by atoms with E-state index in [2.05, 4.69) is 11.1 Å². The molecule has 1 aliphatic rings. The summed E-state index contributed by atoms with van der Waals surface area (Å²) in [6.45, 7) is 12.0. The number of aromatic nitrogens is 1. The molecule has 1 aliphatic carbocycles. The summed E-state index contributed by atoms with van der Waals surface area (Å²) in [7, 11) is 1.67. The van der Waals surface area contributed by atoms with E-state index in [1.807, 2.05) is 47.6 Å². The van der Waals surface area contributed by atoms with Crippen LogP contribution in [0, 0.1) is 0 Å². The van der Waals surface area contributed by atoms with Crippen molar-refractivity contribution < 1.29 is 4.74 Å². The highest BCUT2D eigenvalue weighted by molar-refractivity contribution is 5.26. The van der Waals surface area contributed by atoms with Gasteiger partial charge in [0.2, 0.25) is 5.88 Å². The second kappa shape index (κ2) is 15.0. The van der Waals surface area contributed by atoms with Gasteiger partial charge >= 0.3 is 0 Å². The Morgan fingerprint density at radius 3 is 2.00 bits per heavy atom. The van der Waals surface area contributed by atoms with E-state index < -0.39 is 0 Å². The first kappa shape index (κ1) is 20.3. The van der Waals surface area contributed by atoms with Gasteiger partial charge in [-0.05, 0) is 31.2 Å². The van der Waals surface area contributed by atoms with Gasteiger partial charge in [0, 0.05) is 11.8 Å². The van der Waals surface area contributed by atoms with E-state index in [1.54, 1.807) is 7.11 Å². The van der Waals surface area contributed by atoms with Crippen molar-refractivity contribution in [2.75, 3.05) is 7.11 Å². The quantitative estimate of drug-likeness (QED) is 0.632. The van der Waals surface area contributed by atoms with Crippen LogP contribution in [-0.2, 0) is 12.8 Å². The molecule has 2 heteroatoms. The summed E-state index contributed by atoms with van der Waals surface area (Å²) in [6, 6.07) is 4.12. The lowest BCUT2D eigenvalue weighted by atomic mass is 10.1. The maximum absolute atomic E-state index is 5.11. The van der Waals surface area contributed by atoms with Gasteiger partial charge in [-0.25, -0.2) is 4.98 Å². The van der Waals surface area contributed by atoms with Gasteiger partial charge in [0.05, 0.1) is 7.11 Å². The maximum Gasteiger partial charge on any atom is 0.213 e. The van der Waals surface area contributed by atoms with E-state index in [4.69, 9.17) is 4.74 Å². The van der Waals surface area contributed by atoms with Gasteiger partial charge in [-0.15, -0.1) is 0 Å². The average Bonchev–Trinajstić information content (AvgIpc) is 2.77. The van der Waals surface area contributed by atoms with Crippen molar-refractivity contribution in [2.45, 2.75) is 73.6 Å². The minimum absolute atomic E-state index is 0.751. The largest absolute Gasteiger partial charge is 0.481 e. The third kappa shape index (κ3) is 7.86. The molecule has 2 rings (SSSR count). The number of ether oxygens (including phenoxy) is 1. The second-order valence-corrected chi connectivity index (χ2v) is 3.52. The van der Waals surface area contributed by atoms with Crippen LogP contribution in [0.3, 0.4) is 0 Å². The van der Waals surface area contributed by atoms with Crippen LogP contribution in [0.25, 0.3) is 0 Å². The van der Waals surface area contributed by atoms with E-state index in [0.717, 1.165) is 12.3 Å². The minimum Gasteiger partial charge on any atom is -0.481 e. The zero-order valence-electron chi connectivity index (χ0n) is 14.0. The molecule has 0 aliphatic heterocycles. The third-order valence-corrected chi connectivity index (χ3v) is 2.61. The third-order valence-electron chi connectivity index (χ3n) is 2.61. The maximum atomic E-state index is 5.11. The SMILES string of the molecule is CC.CC.CC.COc1ccc2c(n1)CCCCC2. The lowest BCUT2D eigenvalue weighted by Crippen LogP contribution is -1.97. The van der Waals surface area contributed by atoms with Gasteiger partial charge in [0.1, 0.15) is 0 Å². The van der Waals surface area contributed by atoms with Crippen molar-refractivity contribution >= 4 is 0 Å². The molecule has 0 aromatic carbocycles. The highest BCUT2D eigenvalue weighted by atomic mass is 16.5. The first-order valence-corrected chi connectivity index (χ1v) is 7.93. The zero-order chi connectivity index (χ0) is 15.1. The van der Waals surface area contributed by atoms with Crippen LogP contribution in [-0.4, -0.2) is 12.1 Å². The Hall–Kier alpha value is -1.05. The first-order chi connectivity index (χ1) is 9.40. The molecule has 2 nitrogen and oxygen atoms in total. The number of fused-ring (bicyclic) bond motifs is 1. The summed E-state index contributed by atoms with van der Waals surface area (Å²) >= 11 is 0. The number of rotatable bonds is 1. The normalized spacial score (nSPS) is 11.9. The monoisotopic (exact) mass is 267 g/mol. The van der Waals surface area contributed by atoms with Crippen LogP contribution in [0.15, 0.2) is 12.1 Å². The molecule has 0 unspecified atom stereocenters. The molecule has 0 saturated carbocycles. The van der Waals surface area contributed by atoms with E-state index in [1.165, 1.54) is 36.9 Å². The number of hydrogen-bond donors (Lipinski definition) is 0. The van der Waals surface area contributed by atoms with Gasteiger partial charge in [-0.2, -0.15) is 0 Å². The number of aryl methyl sites for hydroxylation is 2. The Morgan fingerprint density at radius 1 is 0.842 bits per heavy atom. The molecule has 0 fully saturated rings. The summed E-state index contributed by atoms with van der Waals surface area (Å²) in [6.07, 6.45) is 6.21. The van der Waals surface area contributed by atoms with Crippen molar-refractivity contribution in [1.82, 2.24) is 4.98 Å². The van der Waals surface area contributed by atoms with Crippen molar-refractivity contribution in [3.8, 4) is 5.88 Å². The summed E-state index contributed by atoms with van der Waals surface area (Å²) in [4.78, 5) is 4.47. The van der Waals surface area contributed by atoms with E-state index in [9.17, 15) is 0 Å². The molecule has 1 heterocycles. The molecule has 0 amide bonds. The fraction of sp³-hybridized carbons (Fsp3) is 0.706. The molecule has 0 radical (unpaired) electrons. The fourth-order valence-electron chi connectivity index (χ4n) is 1.85. The topological polar surface area (TPSA) is 22.1 Å². The van der Waals surface area contributed by atoms with Crippen LogP contribution < -0.4 is 4.74 Å². The molecule has 19 heavy (non-hydrogen) atoms. The lowest BCUT2D eigenvalue weighted by Gasteiger charge is -2.05. The Bertz CT molecular complexity index is 297. The molecular formula is C17H33NO. The highest BCUT2D eigenvalue weighted by Gasteiger charge is 2.09. The van der Waals surface area contributed by atoms with Crippen LogP contribution in [0.5, 0.6) is 5.88 Å². The molecule has 0 saturated heterocycles. The zero-order valence-corrected chi connectivity index (χ0v) is 14.0. The molecule has 0 atom stereocenters. The van der Waals surface area contributed by atoms with Gasteiger partial charge in [-0.3, -0.25) is 0 Å². The van der Waals surface area contributed by atoms with Crippen molar-refractivity contribution in [3.05, 3.63) is 23.4 Å². The van der Waals surface area contributed by atoms with Crippen LogP contribution in [0.2, 0.25) is 0 Å². The van der Waals surface area contributed by atoms with Crippen molar-refractivity contribution in [1.29, 1.82) is 0 Å². The molecule has 0 spiro atoms. The molecule has 0 N–H and O–H groups in total. The molecule has 1 aromatic rings. The van der Waals surface area contributed by atoms with Gasteiger partial charge in [0.15, 0.2) is 0 Å². The summed E-state index contributed by atoms with van der Waals surface area (Å²) in [5, 5.41) is 0. The molecule has 0 bridgehead atoms. The average molecular weight is 267 g/mol. The van der Waals surface area contributed by atoms with Gasteiger partial charge < -0.3 is 4.74 Å². The predicted molar refractivity (Wildman–Crippen MR) is 86.1 cm³/mol. The predicted octanol–water partition coefficient (Wildman–Crippen LogP) is 5.44. The van der Waals surface area contributed by atoms with Crippen LogP contribution in [0.1, 0.15) is 72.1 Å². The highest BCUT2D eigenvalue weighted by Crippen LogP contribution is 2.21. The number of pyridine rings is 1. The van der Waals surface area contributed by atoms with Crippen molar-refractivity contribution in [2.24, 2.45) is 0 Å². The number of nitrogens with zero attached hydrogens (tertiary/aromatic N) is 1. The standard InChI is InChI=1S/C11H15NO.3C2H6/c1-13-11-8-7-9-5-3-2-4-6-10(9)12-11;3*1-2/h7-8H,2-6H2,1H3;3*1-2H3. The van der Waals surface area contributed by atoms with E-state index in [0.29, 0.717) is 0 Å². The second-order valence-electron chi connectivity index (χ2n) is 3.52. The fourth-order valence-corrected chi connectivity index (χ4v) is 1.85. The Balaban J connectivity index is 0. The molecule has 1 aromatic heterocycles. The first-order valence-electron chi connectivity index (χ1n) is 7.93. The summed E-state index contributed by atoms with van der Waals surface area (Å²) in [5.41, 5.74) is 2.66. The van der Waals surface area contributed by atoms with Gasteiger partial charge in [-0.1, -0.05) is 54.0 Å². The van der Waals surface area contributed by atoms with Crippen LogP contribution >= 0.6 is 0 Å². The summed E-state index contributed by atoms with van der Waals surface area (Å²) in [5.74, 6) is 0.751. The Labute approximate surface area is 120 Å². The summed E-state index contributed by atoms with van der Waals surface area (Å²) < 4.78 is 5.11. The molecule has 112 valence electrons. The minimum atomic E-state index is 0.751. The lowest BCUT2D eigenvalue weighted by molar-refractivity contribution is 0.396. The van der Waals surface area contributed by atoms with Crippen LogP contribution in [0.4, 0.5) is 0 Å². The smallest absolute Gasteiger partial charge is 0.213 e. The number of hydrogen-bond acceptors (Lipinski definition) is 2. The van der Waals surface area contributed by atoms with E-state index in [-0.39, 0.29) is 0 Å². The molecular weight excluding hydrogens is 234 g/mol. The Kier molecular flexibility index (Phi) is 16.0. The number of methoxy groups -OCH3 is 1. The van der Waals surface area contributed by atoms with Crippen molar-refractivity contribution in [3.63, 3.8) is 0 Å². The Morgan fingerprint density at radius 2 is 1.42 bits per heavy atom. The van der Waals surface area contributed by atoms with E-state index >= 15 is 0 Å².